The van der Waals surface area contributed by atoms with Crippen LogP contribution in [0.2, 0.25) is 0 Å². The number of carbonyl (C=O) groups excluding carboxylic acids is 2. The molecule has 112 valence electrons. The van der Waals surface area contributed by atoms with Crippen LogP contribution in [0, 0.1) is 17.8 Å². The Morgan fingerprint density at radius 1 is 1.20 bits per heavy atom. The molecule has 3 fully saturated rings. The molecule has 2 saturated carbocycles. The van der Waals surface area contributed by atoms with Gasteiger partial charge in [0.05, 0.1) is 0 Å². The van der Waals surface area contributed by atoms with Crippen LogP contribution in [0.25, 0.3) is 0 Å². The molecule has 4 nitrogen and oxygen atoms in total. The van der Waals surface area contributed by atoms with Crippen molar-refractivity contribution in [2.24, 2.45) is 17.8 Å². The Morgan fingerprint density at radius 2 is 1.95 bits per heavy atom. The van der Waals surface area contributed by atoms with Crippen LogP contribution in [0.5, 0.6) is 0 Å². The molecule has 0 aromatic carbocycles. The van der Waals surface area contributed by atoms with Gasteiger partial charge in [0.2, 0.25) is 11.8 Å². The van der Waals surface area contributed by atoms with Crippen molar-refractivity contribution >= 4 is 11.8 Å². The summed E-state index contributed by atoms with van der Waals surface area (Å²) in [6.45, 7) is 5.14. The van der Waals surface area contributed by atoms with E-state index in [2.05, 4.69) is 19.2 Å². The fourth-order valence-electron chi connectivity index (χ4n) is 4.14. The Morgan fingerprint density at radius 3 is 2.55 bits per heavy atom. The van der Waals surface area contributed by atoms with Crippen molar-refractivity contribution in [3.8, 4) is 0 Å². The first-order valence-electron chi connectivity index (χ1n) is 8.21. The van der Waals surface area contributed by atoms with Gasteiger partial charge in [-0.1, -0.05) is 20.3 Å². The van der Waals surface area contributed by atoms with E-state index in [4.69, 9.17) is 0 Å². The fraction of sp³-hybridized carbons (Fsp3) is 0.875. The lowest BCUT2D eigenvalue weighted by Gasteiger charge is -2.33. The molecule has 2 aliphatic carbocycles. The van der Waals surface area contributed by atoms with E-state index in [1.54, 1.807) is 0 Å². The summed E-state index contributed by atoms with van der Waals surface area (Å²) in [6.07, 6.45) is 6.17. The zero-order chi connectivity index (χ0) is 14.3. The van der Waals surface area contributed by atoms with Gasteiger partial charge in [0.25, 0.3) is 0 Å². The van der Waals surface area contributed by atoms with Gasteiger partial charge in [-0.25, -0.2) is 0 Å². The van der Waals surface area contributed by atoms with Crippen molar-refractivity contribution < 1.29 is 9.59 Å². The summed E-state index contributed by atoms with van der Waals surface area (Å²) >= 11 is 0. The van der Waals surface area contributed by atoms with E-state index in [0.29, 0.717) is 30.8 Å². The highest BCUT2D eigenvalue weighted by atomic mass is 16.2. The van der Waals surface area contributed by atoms with Gasteiger partial charge < -0.3 is 10.2 Å². The summed E-state index contributed by atoms with van der Waals surface area (Å²) in [6, 6.07) is 0.110. The summed E-state index contributed by atoms with van der Waals surface area (Å²) in [5.74, 6) is 1.93. The maximum atomic E-state index is 12.8. The second-order valence-electron chi connectivity index (χ2n) is 6.84. The van der Waals surface area contributed by atoms with Gasteiger partial charge in [0.15, 0.2) is 0 Å². The Hall–Kier alpha value is -1.06. The standard InChI is InChI=1S/C16H26N2O2/c1-3-11-6-7-13(10(11)2)18-9-8-14(19)17-15(16(18)20)12-4-5-12/h10-13,15H,3-9H2,1-2H3,(H,17,19). The number of nitrogens with zero attached hydrogens (tertiary/aromatic N) is 1. The summed E-state index contributed by atoms with van der Waals surface area (Å²) in [5.41, 5.74) is 0. The molecule has 0 bridgehead atoms. The van der Waals surface area contributed by atoms with Crippen molar-refractivity contribution in [2.75, 3.05) is 6.54 Å². The number of amides is 2. The van der Waals surface area contributed by atoms with E-state index in [-0.39, 0.29) is 17.9 Å². The Bertz CT molecular complexity index is 405. The second kappa shape index (κ2) is 5.38. The van der Waals surface area contributed by atoms with Crippen LogP contribution in [-0.4, -0.2) is 35.3 Å². The lowest BCUT2D eigenvalue weighted by molar-refractivity contribution is -0.136. The lowest BCUT2D eigenvalue weighted by Crippen LogP contribution is -2.50. The van der Waals surface area contributed by atoms with E-state index in [0.717, 1.165) is 25.2 Å². The van der Waals surface area contributed by atoms with Crippen LogP contribution < -0.4 is 5.32 Å². The molecule has 0 aromatic heterocycles. The number of nitrogens with one attached hydrogen (secondary N) is 1. The third kappa shape index (κ3) is 2.45. The van der Waals surface area contributed by atoms with E-state index < -0.39 is 0 Å². The first-order chi connectivity index (χ1) is 9.61. The van der Waals surface area contributed by atoms with Crippen LogP contribution in [-0.2, 0) is 9.59 Å². The van der Waals surface area contributed by atoms with E-state index in [1.165, 1.54) is 12.8 Å². The zero-order valence-electron chi connectivity index (χ0n) is 12.6. The maximum absolute atomic E-state index is 12.8. The lowest BCUT2D eigenvalue weighted by atomic mass is 9.92. The summed E-state index contributed by atoms with van der Waals surface area (Å²) in [5, 5.41) is 2.95. The minimum atomic E-state index is -0.238. The fourth-order valence-corrected chi connectivity index (χ4v) is 4.14. The van der Waals surface area contributed by atoms with Crippen LogP contribution in [0.4, 0.5) is 0 Å². The quantitative estimate of drug-likeness (QED) is 0.857. The Labute approximate surface area is 121 Å². The smallest absolute Gasteiger partial charge is 0.245 e. The molecule has 2 amide bonds. The number of rotatable bonds is 3. The minimum absolute atomic E-state index is 0.0513. The molecule has 1 saturated heterocycles. The highest BCUT2D eigenvalue weighted by Crippen LogP contribution is 2.39. The molecule has 0 spiro atoms. The van der Waals surface area contributed by atoms with Crippen molar-refractivity contribution in [1.29, 1.82) is 0 Å². The average molecular weight is 278 g/mol. The Balaban J connectivity index is 1.77. The van der Waals surface area contributed by atoms with Gasteiger partial charge in [-0.15, -0.1) is 0 Å². The third-order valence-corrected chi connectivity index (χ3v) is 5.65. The Kier molecular flexibility index (Phi) is 3.74. The SMILES string of the molecule is CCC1CCC(N2CCC(=O)NC(C3CC3)C2=O)C1C. The van der Waals surface area contributed by atoms with E-state index >= 15 is 0 Å². The zero-order valence-corrected chi connectivity index (χ0v) is 12.6. The number of carbonyl (C=O) groups is 2. The third-order valence-electron chi connectivity index (χ3n) is 5.65. The van der Waals surface area contributed by atoms with Crippen molar-refractivity contribution in [2.45, 2.75) is 64.5 Å². The number of hydrogen-bond donors (Lipinski definition) is 1. The highest BCUT2D eigenvalue weighted by molar-refractivity contribution is 5.90. The van der Waals surface area contributed by atoms with Crippen molar-refractivity contribution in [1.82, 2.24) is 10.2 Å². The largest absolute Gasteiger partial charge is 0.344 e. The predicted molar refractivity (Wildman–Crippen MR) is 77.0 cm³/mol. The van der Waals surface area contributed by atoms with Crippen molar-refractivity contribution in [3.63, 3.8) is 0 Å². The van der Waals surface area contributed by atoms with Gasteiger partial charge in [0.1, 0.15) is 6.04 Å². The van der Waals surface area contributed by atoms with E-state index in [1.807, 2.05) is 4.90 Å². The molecule has 4 atom stereocenters. The summed E-state index contributed by atoms with van der Waals surface area (Å²) < 4.78 is 0. The molecule has 4 unspecified atom stereocenters. The van der Waals surface area contributed by atoms with Crippen LogP contribution in [0.15, 0.2) is 0 Å². The molecule has 3 rings (SSSR count). The number of hydrogen-bond acceptors (Lipinski definition) is 2. The monoisotopic (exact) mass is 278 g/mol. The van der Waals surface area contributed by atoms with Crippen LogP contribution in [0.1, 0.15) is 52.4 Å². The van der Waals surface area contributed by atoms with Gasteiger partial charge in [-0.2, -0.15) is 0 Å². The first-order valence-corrected chi connectivity index (χ1v) is 8.21. The molecule has 1 heterocycles. The van der Waals surface area contributed by atoms with Gasteiger partial charge in [-0.3, -0.25) is 9.59 Å². The van der Waals surface area contributed by atoms with Gasteiger partial charge in [0, 0.05) is 19.0 Å². The molecular weight excluding hydrogens is 252 g/mol. The summed E-state index contributed by atoms with van der Waals surface area (Å²) in [7, 11) is 0. The van der Waals surface area contributed by atoms with Crippen LogP contribution in [0.3, 0.4) is 0 Å². The first kappa shape index (κ1) is 13.9. The molecule has 20 heavy (non-hydrogen) atoms. The van der Waals surface area contributed by atoms with Crippen molar-refractivity contribution in [3.05, 3.63) is 0 Å². The molecule has 3 aliphatic rings. The van der Waals surface area contributed by atoms with E-state index in [9.17, 15) is 9.59 Å². The minimum Gasteiger partial charge on any atom is -0.344 e. The molecule has 1 N–H and O–H groups in total. The molecule has 0 radical (unpaired) electrons. The van der Waals surface area contributed by atoms with Gasteiger partial charge in [-0.05, 0) is 43.4 Å². The van der Waals surface area contributed by atoms with Crippen LogP contribution >= 0.6 is 0 Å². The molecule has 4 heteroatoms. The highest BCUT2D eigenvalue weighted by Gasteiger charge is 2.45. The molecule has 1 aliphatic heterocycles. The molecular formula is C16H26N2O2. The maximum Gasteiger partial charge on any atom is 0.245 e. The van der Waals surface area contributed by atoms with Gasteiger partial charge >= 0.3 is 0 Å². The summed E-state index contributed by atoms with van der Waals surface area (Å²) in [4.78, 5) is 26.7. The normalized spacial score (nSPS) is 38.8. The predicted octanol–water partition coefficient (Wildman–Crippen LogP) is 1.94. The second-order valence-corrected chi connectivity index (χ2v) is 6.84. The topological polar surface area (TPSA) is 49.4 Å². The average Bonchev–Trinajstić information content (AvgIpc) is 3.21. The molecule has 0 aromatic rings.